The van der Waals surface area contributed by atoms with Crippen molar-refractivity contribution in [2.45, 2.75) is 6.04 Å². The zero-order valence-electron chi connectivity index (χ0n) is 11.8. The number of hydrogen-bond acceptors (Lipinski definition) is 4. The van der Waals surface area contributed by atoms with E-state index in [-0.39, 0.29) is 12.5 Å². The zero-order valence-corrected chi connectivity index (χ0v) is 12.6. The highest BCUT2D eigenvalue weighted by Crippen LogP contribution is 2.13. The van der Waals surface area contributed by atoms with Crippen LogP contribution >= 0.6 is 0 Å². The largest absolute Gasteiger partial charge is 0.358 e. The van der Waals surface area contributed by atoms with Gasteiger partial charge in [0.15, 0.2) is 0 Å². The van der Waals surface area contributed by atoms with E-state index in [2.05, 4.69) is 10.6 Å². The van der Waals surface area contributed by atoms with Gasteiger partial charge in [-0.2, -0.15) is 4.31 Å². The molecular weight excluding hydrogens is 290 g/mol. The van der Waals surface area contributed by atoms with Crippen LogP contribution in [0.5, 0.6) is 0 Å². The molecule has 0 radical (unpaired) electrons. The second kappa shape index (κ2) is 6.84. The van der Waals surface area contributed by atoms with Crippen molar-refractivity contribution >= 4 is 22.0 Å². The van der Waals surface area contributed by atoms with Gasteiger partial charge in [0.25, 0.3) is 0 Å². The number of nitrogens with one attached hydrogen (secondary N) is 2. The van der Waals surface area contributed by atoms with Gasteiger partial charge in [0, 0.05) is 32.1 Å². The molecule has 1 aliphatic rings. The van der Waals surface area contributed by atoms with Crippen LogP contribution in [-0.4, -0.2) is 51.4 Å². The van der Waals surface area contributed by atoms with E-state index < -0.39 is 16.1 Å². The Balaban J connectivity index is 2.20. The Morgan fingerprint density at radius 2 is 2.10 bits per heavy atom. The molecule has 0 aromatic heterocycles. The van der Waals surface area contributed by atoms with Crippen LogP contribution < -0.4 is 10.6 Å². The van der Waals surface area contributed by atoms with Gasteiger partial charge in [0.1, 0.15) is 6.04 Å². The summed E-state index contributed by atoms with van der Waals surface area (Å²) in [6.07, 6.45) is 1.54. The molecule has 2 rings (SSSR count). The van der Waals surface area contributed by atoms with Crippen molar-refractivity contribution in [1.29, 1.82) is 0 Å². The maximum Gasteiger partial charge on any atom is 0.239 e. The predicted molar refractivity (Wildman–Crippen MR) is 81.8 cm³/mol. The maximum absolute atomic E-state index is 12.4. The van der Waals surface area contributed by atoms with E-state index in [4.69, 9.17) is 0 Å². The van der Waals surface area contributed by atoms with Crippen LogP contribution in [0.2, 0.25) is 0 Å². The molecule has 114 valence electrons. The van der Waals surface area contributed by atoms with Crippen LogP contribution in [0.25, 0.3) is 6.08 Å². The van der Waals surface area contributed by atoms with Gasteiger partial charge >= 0.3 is 0 Å². The van der Waals surface area contributed by atoms with Crippen LogP contribution in [-0.2, 0) is 14.8 Å². The summed E-state index contributed by atoms with van der Waals surface area (Å²) in [5.74, 6) is -0.307. The third kappa shape index (κ3) is 3.90. The summed E-state index contributed by atoms with van der Waals surface area (Å²) >= 11 is 0. The number of carbonyl (C=O) groups excluding carboxylic acids is 1. The molecule has 2 N–H and O–H groups in total. The van der Waals surface area contributed by atoms with Crippen molar-refractivity contribution in [2.24, 2.45) is 0 Å². The topological polar surface area (TPSA) is 78.5 Å². The number of hydrogen-bond donors (Lipinski definition) is 2. The predicted octanol–water partition coefficient (Wildman–Crippen LogP) is 0.00690. The van der Waals surface area contributed by atoms with Crippen molar-refractivity contribution in [3.63, 3.8) is 0 Å². The van der Waals surface area contributed by atoms with Gasteiger partial charge in [-0.15, -0.1) is 0 Å². The van der Waals surface area contributed by atoms with Crippen molar-refractivity contribution in [3.05, 3.63) is 41.3 Å². The number of nitrogens with zero attached hydrogens (tertiary/aromatic N) is 1. The molecule has 0 saturated carbocycles. The summed E-state index contributed by atoms with van der Waals surface area (Å²) < 4.78 is 26.1. The lowest BCUT2D eigenvalue weighted by Gasteiger charge is -2.32. The number of piperazine rings is 1. The minimum atomic E-state index is -3.63. The first kappa shape index (κ1) is 15.7. The normalized spacial score (nSPS) is 20.5. The number of amides is 1. The minimum absolute atomic E-state index is 0.277. The summed E-state index contributed by atoms with van der Waals surface area (Å²) in [7, 11) is -2.13. The van der Waals surface area contributed by atoms with Gasteiger partial charge < -0.3 is 10.6 Å². The molecule has 1 saturated heterocycles. The highest BCUT2D eigenvalue weighted by molar-refractivity contribution is 7.92. The first-order valence-corrected chi connectivity index (χ1v) is 8.22. The summed E-state index contributed by atoms with van der Waals surface area (Å²) in [5.41, 5.74) is 0.799. The average Bonchev–Trinajstić information content (AvgIpc) is 2.53. The quantitative estimate of drug-likeness (QED) is 0.821. The maximum atomic E-state index is 12.4. The van der Waals surface area contributed by atoms with E-state index in [1.165, 1.54) is 17.4 Å². The van der Waals surface area contributed by atoms with Crippen LogP contribution in [0.4, 0.5) is 0 Å². The first-order valence-electron chi connectivity index (χ1n) is 6.72. The molecule has 1 fully saturated rings. The van der Waals surface area contributed by atoms with E-state index in [1.807, 2.05) is 30.3 Å². The Kier molecular flexibility index (Phi) is 5.11. The Bertz CT molecular complexity index is 614. The van der Waals surface area contributed by atoms with Gasteiger partial charge in [-0.05, 0) is 11.6 Å². The Morgan fingerprint density at radius 1 is 1.38 bits per heavy atom. The third-order valence-corrected chi connectivity index (χ3v) is 4.87. The highest BCUT2D eigenvalue weighted by atomic mass is 32.2. The first-order chi connectivity index (χ1) is 10.0. The molecule has 0 spiro atoms. The number of sulfonamides is 1. The number of carbonyl (C=O) groups is 1. The second-order valence-corrected chi connectivity index (χ2v) is 6.47. The number of likely N-dealkylation sites (N-methyl/N-ethyl adjacent to an activating group) is 1. The number of benzene rings is 1. The standard InChI is InChI=1S/C14H19N3O3S/c1-15-14(18)13-11-16-8-9-17(13)21(19,20)10-7-12-5-3-2-4-6-12/h2-7,10,13,16H,8-9,11H2,1H3,(H,15,18). The van der Waals surface area contributed by atoms with Crippen molar-refractivity contribution < 1.29 is 13.2 Å². The smallest absolute Gasteiger partial charge is 0.239 e. The lowest BCUT2D eigenvalue weighted by atomic mass is 10.2. The SMILES string of the molecule is CNC(=O)C1CNCCN1S(=O)(=O)C=Cc1ccccc1. The van der Waals surface area contributed by atoms with E-state index in [1.54, 1.807) is 0 Å². The second-order valence-electron chi connectivity index (χ2n) is 4.70. The van der Waals surface area contributed by atoms with Crippen LogP contribution in [0.15, 0.2) is 35.7 Å². The van der Waals surface area contributed by atoms with E-state index >= 15 is 0 Å². The molecule has 1 heterocycles. The van der Waals surface area contributed by atoms with Gasteiger partial charge in [-0.3, -0.25) is 4.79 Å². The molecule has 1 aromatic rings. The molecule has 7 heteroatoms. The Labute approximate surface area is 124 Å². The Morgan fingerprint density at radius 3 is 2.76 bits per heavy atom. The van der Waals surface area contributed by atoms with Gasteiger partial charge in [0.05, 0.1) is 0 Å². The molecule has 0 aliphatic carbocycles. The Hall–Kier alpha value is -1.70. The molecule has 1 aliphatic heterocycles. The van der Waals surface area contributed by atoms with E-state index in [0.717, 1.165) is 11.0 Å². The lowest BCUT2D eigenvalue weighted by Crippen LogP contribution is -2.58. The fraction of sp³-hybridized carbons (Fsp3) is 0.357. The zero-order chi connectivity index (χ0) is 15.3. The van der Waals surface area contributed by atoms with Crippen LogP contribution in [0.3, 0.4) is 0 Å². The van der Waals surface area contributed by atoms with E-state index in [9.17, 15) is 13.2 Å². The molecule has 21 heavy (non-hydrogen) atoms. The molecular formula is C14H19N3O3S. The van der Waals surface area contributed by atoms with Gasteiger partial charge in [0.2, 0.25) is 15.9 Å². The summed E-state index contributed by atoms with van der Waals surface area (Å²) in [5, 5.41) is 6.69. The highest BCUT2D eigenvalue weighted by Gasteiger charge is 2.34. The van der Waals surface area contributed by atoms with Crippen molar-refractivity contribution in [1.82, 2.24) is 14.9 Å². The minimum Gasteiger partial charge on any atom is -0.358 e. The molecule has 1 atom stereocenters. The molecule has 1 unspecified atom stereocenters. The van der Waals surface area contributed by atoms with Gasteiger partial charge in [-0.25, -0.2) is 8.42 Å². The van der Waals surface area contributed by atoms with Crippen molar-refractivity contribution in [3.8, 4) is 0 Å². The lowest BCUT2D eigenvalue weighted by molar-refractivity contribution is -0.124. The van der Waals surface area contributed by atoms with Gasteiger partial charge in [-0.1, -0.05) is 30.3 Å². The molecule has 0 bridgehead atoms. The summed E-state index contributed by atoms with van der Waals surface area (Å²) in [4.78, 5) is 11.8. The monoisotopic (exact) mass is 309 g/mol. The van der Waals surface area contributed by atoms with Crippen molar-refractivity contribution in [2.75, 3.05) is 26.7 Å². The molecule has 1 amide bonds. The van der Waals surface area contributed by atoms with Crippen LogP contribution in [0, 0.1) is 0 Å². The van der Waals surface area contributed by atoms with E-state index in [0.29, 0.717) is 13.1 Å². The molecule has 1 aromatic carbocycles. The van der Waals surface area contributed by atoms with Crippen LogP contribution in [0.1, 0.15) is 5.56 Å². The summed E-state index contributed by atoms with van der Waals surface area (Å²) in [6.45, 7) is 1.13. The fourth-order valence-electron chi connectivity index (χ4n) is 2.19. The number of rotatable bonds is 4. The summed E-state index contributed by atoms with van der Waals surface area (Å²) in [6, 6.07) is 8.47. The third-order valence-electron chi connectivity index (χ3n) is 3.30. The molecule has 6 nitrogen and oxygen atoms in total. The fourth-order valence-corrected chi connectivity index (χ4v) is 3.54. The average molecular weight is 309 g/mol.